The van der Waals surface area contributed by atoms with Crippen LogP contribution in [0.15, 0.2) is 82.3 Å². The van der Waals surface area contributed by atoms with E-state index in [-0.39, 0.29) is 24.0 Å². The monoisotopic (exact) mass is 480 g/mol. The predicted octanol–water partition coefficient (Wildman–Crippen LogP) is 4.19. The van der Waals surface area contributed by atoms with Gasteiger partial charge in [0.15, 0.2) is 0 Å². The fraction of sp³-hybridized carbons (Fsp3) is 0.269. The molecule has 1 saturated heterocycles. The molecule has 2 heterocycles. The van der Waals surface area contributed by atoms with E-state index in [1.54, 1.807) is 53.0 Å². The van der Waals surface area contributed by atoms with Crippen molar-refractivity contribution in [2.75, 3.05) is 26.2 Å². The van der Waals surface area contributed by atoms with Crippen molar-refractivity contribution >= 4 is 27.6 Å². The van der Waals surface area contributed by atoms with E-state index in [1.165, 1.54) is 0 Å². The molecule has 2 aromatic carbocycles. The third kappa shape index (κ3) is 5.95. The summed E-state index contributed by atoms with van der Waals surface area (Å²) in [6.45, 7) is 1.67. The number of hydrogen-bond acceptors (Lipinski definition) is 5. The van der Waals surface area contributed by atoms with Gasteiger partial charge in [0.2, 0.25) is 10.0 Å². The maximum Gasteiger partial charge on any atom is 0.252 e. The number of hydrogen-bond donors (Lipinski definition) is 1. The highest BCUT2D eigenvalue weighted by Crippen LogP contribution is 2.23. The van der Waals surface area contributed by atoms with Crippen LogP contribution in [0.1, 0.15) is 30.6 Å². The number of sulfonamides is 1. The van der Waals surface area contributed by atoms with Crippen molar-refractivity contribution in [1.29, 1.82) is 0 Å². The first-order chi connectivity index (χ1) is 16.5. The number of amides is 1. The van der Waals surface area contributed by atoms with Gasteiger partial charge < -0.3 is 14.5 Å². The molecular formula is C26H28N2O5S. The molecule has 1 amide bonds. The van der Waals surface area contributed by atoms with Crippen LogP contribution in [0.3, 0.4) is 0 Å². The topological polar surface area (TPSA) is 88.8 Å². The van der Waals surface area contributed by atoms with Crippen LogP contribution in [0.5, 0.6) is 5.75 Å². The van der Waals surface area contributed by atoms with Crippen molar-refractivity contribution in [2.45, 2.75) is 24.2 Å². The minimum absolute atomic E-state index is 0.242. The summed E-state index contributed by atoms with van der Waals surface area (Å²) in [5, 5.41) is 2.87. The maximum atomic E-state index is 12.8. The zero-order valence-corrected chi connectivity index (χ0v) is 19.7. The van der Waals surface area contributed by atoms with Crippen LogP contribution in [0.25, 0.3) is 11.6 Å². The first kappa shape index (κ1) is 23.8. The third-order valence-electron chi connectivity index (χ3n) is 5.59. The Kier molecular flexibility index (Phi) is 7.82. The molecule has 1 aliphatic heterocycles. The first-order valence-corrected chi connectivity index (χ1v) is 12.8. The smallest absolute Gasteiger partial charge is 0.252 e. The van der Waals surface area contributed by atoms with Gasteiger partial charge in [0.1, 0.15) is 18.1 Å². The lowest BCUT2D eigenvalue weighted by molar-refractivity contribution is -0.115. The van der Waals surface area contributed by atoms with E-state index in [0.29, 0.717) is 30.2 Å². The molecule has 0 spiro atoms. The van der Waals surface area contributed by atoms with Crippen LogP contribution >= 0.6 is 0 Å². The van der Waals surface area contributed by atoms with Crippen LogP contribution in [-0.2, 0) is 14.8 Å². The second-order valence-electron chi connectivity index (χ2n) is 7.98. The molecule has 0 atom stereocenters. The van der Waals surface area contributed by atoms with E-state index < -0.39 is 10.0 Å². The van der Waals surface area contributed by atoms with E-state index in [2.05, 4.69) is 5.32 Å². The summed E-state index contributed by atoms with van der Waals surface area (Å²) in [5.74, 6) is 0.889. The number of carbonyl (C=O) groups excluding carboxylic acids is 1. The Morgan fingerprint density at radius 2 is 1.71 bits per heavy atom. The number of benzene rings is 2. The Labute approximate surface area is 200 Å². The average Bonchev–Trinajstić information content (AvgIpc) is 3.40. The molecule has 178 valence electrons. The van der Waals surface area contributed by atoms with Gasteiger partial charge in [-0.05, 0) is 60.9 Å². The highest BCUT2D eigenvalue weighted by atomic mass is 32.2. The summed E-state index contributed by atoms with van der Waals surface area (Å²) in [7, 11) is -3.47. The van der Waals surface area contributed by atoms with Gasteiger partial charge in [0.25, 0.3) is 5.91 Å². The van der Waals surface area contributed by atoms with Crippen molar-refractivity contribution in [2.24, 2.45) is 0 Å². The Hall–Kier alpha value is -3.36. The van der Waals surface area contributed by atoms with Gasteiger partial charge in [-0.3, -0.25) is 4.79 Å². The van der Waals surface area contributed by atoms with E-state index in [4.69, 9.17) is 9.15 Å². The van der Waals surface area contributed by atoms with Crippen LogP contribution in [0.2, 0.25) is 0 Å². The molecule has 0 saturated carbocycles. The van der Waals surface area contributed by atoms with Crippen molar-refractivity contribution in [3.8, 4) is 5.75 Å². The van der Waals surface area contributed by atoms with Gasteiger partial charge in [-0.25, -0.2) is 8.42 Å². The highest BCUT2D eigenvalue weighted by Gasteiger charge is 2.25. The quantitative estimate of drug-likeness (QED) is 0.366. The summed E-state index contributed by atoms with van der Waals surface area (Å²) in [6, 6.07) is 19.3. The fourth-order valence-electron chi connectivity index (χ4n) is 3.80. The van der Waals surface area contributed by atoms with Gasteiger partial charge in [-0.1, -0.05) is 36.8 Å². The molecule has 4 rings (SSSR count). The van der Waals surface area contributed by atoms with E-state index in [1.807, 2.05) is 30.3 Å². The Balaban J connectivity index is 1.32. The standard InChI is InChI=1S/C26H28N2O5S/c29-26(25(20-23-10-7-18-32-23)21-8-3-1-4-9-21)27-15-19-33-22-11-13-24(14-12-22)34(30,31)28-16-5-2-6-17-28/h1,3-4,7-14,18,20H,2,5-6,15-17,19H2,(H,27,29)/b25-20+. The van der Waals surface area contributed by atoms with Crippen LogP contribution in [0, 0.1) is 0 Å². The normalized spacial score (nSPS) is 15.1. The molecule has 0 unspecified atom stereocenters. The van der Waals surface area contributed by atoms with Crippen LogP contribution in [0.4, 0.5) is 0 Å². The van der Waals surface area contributed by atoms with Gasteiger partial charge in [0.05, 0.1) is 23.3 Å². The second kappa shape index (κ2) is 11.2. The number of carbonyl (C=O) groups is 1. The molecule has 8 heteroatoms. The van der Waals surface area contributed by atoms with Crippen molar-refractivity contribution in [3.05, 3.63) is 84.3 Å². The summed E-state index contributed by atoms with van der Waals surface area (Å²) in [6.07, 6.45) is 6.13. The summed E-state index contributed by atoms with van der Waals surface area (Å²) in [4.78, 5) is 13.1. The Bertz CT molecular complexity index is 1200. The largest absolute Gasteiger partial charge is 0.492 e. The lowest BCUT2D eigenvalue weighted by Gasteiger charge is -2.25. The van der Waals surface area contributed by atoms with Gasteiger partial charge in [-0.2, -0.15) is 4.31 Å². The number of piperidine rings is 1. The number of rotatable bonds is 9. The summed E-state index contributed by atoms with van der Waals surface area (Å²) >= 11 is 0. The molecule has 0 radical (unpaired) electrons. The maximum absolute atomic E-state index is 12.8. The predicted molar refractivity (Wildman–Crippen MR) is 131 cm³/mol. The van der Waals surface area contributed by atoms with E-state index >= 15 is 0 Å². The van der Waals surface area contributed by atoms with Crippen molar-refractivity contribution in [3.63, 3.8) is 0 Å². The fourth-order valence-corrected chi connectivity index (χ4v) is 5.32. The minimum Gasteiger partial charge on any atom is -0.492 e. The second-order valence-corrected chi connectivity index (χ2v) is 9.92. The van der Waals surface area contributed by atoms with Gasteiger partial charge in [0, 0.05) is 13.1 Å². The highest BCUT2D eigenvalue weighted by molar-refractivity contribution is 7.89. The van der Waals surface area contributed by atoms with Gasteiger partial charge >= 0.3 is 0 Å². The Morgan fingerprint density at radius 3 is 2.38 bits per heavy atom. The molecule has 3 aromatic rings. The summed E-state index contributed by atoms with van der Waals surface area (Å²) in [5.41, 5.74) is 1.27. The summed E-state index contributed by atoms with van der Waals surface area (Å²) < 4.78 is 38.1. The van der Waals surface area contributed by atoms with Crippen molar-refractivity contribution < 1.29 is 22.4 Å². The molecule has 1 aromatic heterocycles. The zero-order valence-electron chi connectivity index (χ0n) is 18.9. The van der Waals surface area contributed by atoms with E-state index in [9.17, 15) is 13.2 Å². The van der Waals surface area contributed by atoms with Crippen molar-refractivity contribution in [1.82, 2.24) is 9.62 Å². The molecule has 1 N–H and O–H groups in total. The van der Waals surface area contributed by atoms with Gasteiger partial charge in [-0.15, -0.1) is 0 Å². The average molecular weight is 481 g/mol. The first-order valence-electron chi connectivity index (χ1n) is 11.4. The molecule has 7 nitrogen and oxygen atoms in total. The van der Waals surface area contributed by atoms with Crippen LogP contribution < -0.4 is 10.1 Å². The molecular weight excluding hydrogens is 452 g/mol. The van der Waals surface area contributed by atoms with E-state index in [0.717, 1.165) is 24.8 Å². The minimum atomic E-state index is -3.47. The zero-order chi connectivity index (χ0) is 23.8. The third-order valence-corrected chi connectivity index (χ3v) is 7.50. The molecule has 0 aliphatic carbocycles. The molecule has 1 aliphatic rings. The number of nitrogens with one attached hydrogen (secondary N) is 1. The molecule has 34 heavy (non-hydrogen) atoms. The number of furan rings is 1. The number of ether oxygens (including phenoxy) is 1. The lowest BCUT2D eigenvalue weighted by atomic mass is 10.0. The van der Waals surface area contributed by atoms with Crippen LogP contribution in [-0.4, -0.2) is 44.9 Å². The molecule has 1 fully saturated rings. The number of nitrogens with zero attached hydrogens (tertiary/aromatic N) is 1. The molecule has 0 bridgehead atoms. The lowest BCUT2D eigenvalue weighted by Crippen LogP contribution is -2.35. The SMILES string of the molecule is O=C(NCCOc1ccc(S(=O)(=O)N2CCCCC2)cc1)/C(=C/c1ccco1)c1ccccc1. The Morgan fingerprint density at radius 1 is 0.971 bits per heavy atom.